The molecule has 67 valence electrons. The number of halogens is 1. The first kappa shape index (κ1) is 8.04. The number of carbonyl (C=O) groups is 1. The normalized spacial score (nSPS) is 21.0. The maximum atomic E-state index is 12.5. The number of cyclic esters (lactones) is 2. The number of hydrogen-bond acceptors (Lipinski definition) is 3. The summed E-state index contributed by atoms with van der Waals surface area (Å²) in [5, 5.41) is 0. The second-order valence-corrected chi connectivity index (χ2v) is 2.59. The monoisotopic (exact) mass is 181 g/mol. The van der Waals surface area contributed by atoms with E-state index in [-0.39, 0.29) is 5.82 Å². The number of carbonyl (C=O) groups excluding carboxylic acids is 1. The highest BCUT2D eigenvalue weighted by Crippen LogP contribution is 2.26. The van der Waals surface area contributed by atoms with Crippen molar-refractivity contribution in [3.63, 3.8) is 0 Å². The van der Waals surface area contributed by atoms with Crippen molar-refractivity contribution in [3.05, 3.63) is 42.3 Å². The smallest absolute Gasteiger partial charge is 0.422 e. The van der Waals surface area contributed by atoms with E-state index in [1.165, 1.54) is 18.7 Å². The average Bonchev–Trinajstić information content (AvgIpc) is 2.53. The van der Waals surface area contributed by atoms with Crippen LogP contribution in [0.2, 0.25) is 0 Å². The highest BCUT2D eigenvalue weighted by atomic mass is 19.1. The second kappa shape index (κ2) is 3.05. The zero-order valence-electron chi connectivity index (χ0n) is 6.57. The van der Waals surface area contributed by atoms with Crippen LogP contribution < -0.4 is 0 Å². The Morgan fingerprint density at radius 2 is 1.92 bits per heavy atom. The minimum Gasteiger partial charge on any atom is -0.422 e. The lowest BCUT2D eigenvalue weighted by Crippen LogP contribution is -1.97. The van der Waals surface area contributed by atoms with Gasteiger partial charge >= 0.3 is 6.16 Å². The van der Waals surface area contributed by atoms with E-state index in [1.54, 1.807) is 12.1 Å². The molecule has 1 atom stereocenters. The zero-order valence-corrected chi connectivity index (χ0v) is 6.57. The molecule has 0 amide bonds. The van der Waals surface area contributed by atoms with Gasteiger partial charge in [0.25, 0.3) is 0 Å². The lowest BCUT2D eigenvalue weighted by atomic mass is 10.1. The quantitative estimate of drug-likeness (QED) is 0.623. The van der Waals surface area contributed by atoms with Crippen LogP contribution in [0.5, 0.6) is 0 Å². The fourth-order valence-electron chi connectivity index (χ4n) is 1.08. The van der Waals surface area contributed by atoms with Gasteiger partial charge in [0.15, 0.2) is 12.7 Å². The summed E-state index contributed by atoms with van der Waals surface area (Å²) in [6.07, 6.45) is -1.25. The van der Waals surface area contributed by atoms with Gasteiger partial charge in [-0.25, -0.2) is 9.18 Å². The number of ether oxygens (including phenoxy) is 2. The zero-order chi connectivity index (χ0) is 9.26. The summed E-state index contributed by atoms with van der Waals surface area (Å²) in [5.41, 5.74) is 0.687. The second-order valence-electron chi connectivity index (χ2n) is 2.59. The van der Waals surface area contributed by atoms with E-state index in [0.717, 1.165) is 0 Å². The summed E-state index contributed by atoms with van der Waals surface area (Å²) in [7, 11) is 0. The maximum Gasteiger partial charge on any atom is 0.509 e. The van der Waals surface area contributed by atoms with Crippen LogP contribution in [0.1, 0.15) is 11.7 Å². The molecule has 0 saturated carbocycles. The summed E-state index contributed by atoms with van der Waals surface area (Å²) < 4.78 is 21.7. The third kappa shape index (κ3) is 1.61. The molecule has 13 heavy (non-hydrogen) atoms. The SMILES string of the molecule is O=C1O[CH]C(c2ccc(F)cc2)O1. The minimum absolute atomic E-state index is 0.325. The summed E-state index contributed by atoms with van der Waals surface area (Å²) in [6, 6.07) is 5.68. The van der Waals surface area contributed by atoms with Gasteiger partial charge in [-0.3, -0.25) is 0 Å². The van der Waals surface area contributed by atoms with Crippen LogP contribution in [-0.4, -0.2) is 6.16 Å². The van der Waals surface area contributed by atoms with Crippen molar-refractivity contribution >= 4 is 6.16 Å². The standard InChI is InChI=1S/C9H6FO3/c10-7-3-1-6(2-4-7)8-5-12-9(11)13-8/h1-5,8H. The van der Waals surface area contributed by atoms with Crippen LogP contribution in [0.15, 0.2) is 24.3 Å². The highest BCUT2D eigenvalue weighted by Gasteiger charge is 2.27. The van der Waals surface area contributed by atoms with Crippen molar-refractivity contribution in [2.75, 3.05) is 0 Å². The van der Waals surface area contributed by atoms with Crippen LogP contribution in [0.3, 0.4) is 0 Å². The molecule has 4 heteroatoms. The molecule has 1 aromatic rings. The van der Waals surface area contributed by atoms with Gasteiger partial charge in [0, 0.05) is 0 Å². The minimum atomic E-state index is -0.727. The predicted molar refractivity (Wildman–Crippen MR) is 41.0 cm³/mol. The molecule has 1 unspecified atom stereocenters. The van der Waals surface area contributed by atoms with Crippen LogP contribution in [-0.2, 0) is 9.47 Å². The first-order valence-corrected chi connectivity index (χ1v) is 3.72. The average molecular weight is 181 g/mol. The fraction of sp³-hybridized carbons (Fsp3) is 0.111. The Labute approximate surface area is 74.1 Å². The van der Waals surface area contributed by atoms with E-state index < -0.39 is 12.3 Å². The van der Waals surface area contributed by atoms with Gasteiger partial charge in [-0.05, 0) is 17.7 Å². The van der Waals surface area contributed by atoms with Crippen LogP contribution in [0.4, 0.5) is 9.18 Å². The number of hydrogen-bond donors (Lipinski definition) is 0. The van der Waals surface area contributed by atoms with Crippen molar-refractivity contribution in [3.8, 4) is 0 Å². The van der Waals surface area contributed by atoms with Crippen molar-refractivity contribution in [1.82, 2.24) is 0 Å². The van der Waals surface area contributed by atoms with E-state index in [9.17, 15) is 9.18 Å². The van der Waals surface area contributed by atoms with Crippen LogP contribution >= 0.6 is 0 Å². The first-order chi connectivity index (χ1) is 6.25. The Balaban J connectivity index is 2.17. The molecular weight excluding hydrogens is 175 g/mol. The van der Waals surface area contributed by atoms with Gasteiger partial charge in [-0.1, -0.05) is 12.1 Å². The molecule has 0 bridgehead atoms. The number of benzene rings is 1. The number of rotatable bonds is 1. The van der Waals surface area contributed by atoms with E-state index in [0.29, 0.717) is 5.56 Å². The highest BCUT2D eigenvalue weighted by molar-refractivity contribution is 5.63. The van der Waals surface area contributed by atoms with Gasteiger partial charge < -0.3 is 9.47 Å². The molecule has 0 aromatic heterocycles. The summed E-state index contributed by atoms with van der Waals surface area (Å²) in [4.78, 5) is 10.5. The largest absolute Gasteiger partial charge is 0.509 e. The lowest BCUT2D eigenvalue weighted by Gasteiger charge is -2.04. The van der Waals surface area contributed by atoms with Gasteiger partial charge in [0.2, 0.25) is 0 Å². The lowest BCUT2D eigenvalue weighted by molar-refractivity contribution is 0.118. The molecule has 0 spiro atoms. The Kier molecular flexibility index (Phi) is 1.88. The Bertz CT molecular complexity index is 320. The van der Waals surface area contributed by atoms with E-state index in [1.807, 2.05) is 0 Å². The fourth-order valence-corrected chi connectivity index (χ4v) is 1.08. The Hall–Kier alpha value is -1.58. The molecular formula is C9H6FO3. The molecule has 1 fully saturated rings. The Morgan fingerprint density at radius 3 is 2.46 bits per heavy atom. The summed E-state index contributed by atoms with van der Waals surface area (Å²) >= 11 is 0. The molecule has 2 rings (SSSR count). The van der Waals surface area contributed by atoms with Gasteiger partial charge in [0.1, 0.15) is 5.82 Å². The molecule has 1 heterocycles. The summed E-state index contributed by atoms with van der Waals surface area (Å²) in [5.74, 6) is -0.325. The third-order valence-electron chi connectivity index (χ3n) is 1.71. The molecule has 1 aliphatic heterocycles. The Morgan fingerprint density at radius 1 is 1.23 bits per heavy atom. The van der Waals surface area contributed by atoms with Crippen LogP contribution in [0, 0.1) is 12.4 Å². The molecule has 0 N–H and O–H groups in total. The maximum absolute atomic E-state index is 12.5. The van der Waals surface area contributed by atoms with Gasteiger partial charge in [0.05, 0.1) is 0 Å². The summed E-state index contributed by atoms with van der Waals surface area (Å²) in [6.45, 7) is 1.27. The van der Waals surface area contributed by atoms with E-state index >= 15 is 0 Å². The van der Waals surface area contributed by atoms with Crippen LogP contribution in [0.25, 0.3) is 0 Å². The molecule has 1 aromatic carbocycles. The topological polar surface area (TPSA) is 35.5 Å². The molecule has 1 saturated heterocycles. The molecule has 1 aliphatic rings. The van der Waals surface area contributed by atoms with E-state index in [4.69, 9.17) is 4.74 Å². The van der Waals surface area contributed by atoms with Gasteiger partial charge in [-0.15, -0.1) is 0 Å². The molecule has 3 nitrogen and oxygen atoms in total. The van der Waals surface area contributed by atoms with Crippen molar-refractivity contribution in [1.29, 1.82) is 0 Å². The molecule has 1 radical (unpaired) electrons. The predicted octanol–water partition coefficient (Wildman–Crippen LogP) is 2.20. The first-order valence-electron chi connectivity index (χ1n) is 3.72. The van der Waals surface area contributed by atoms with Gasteiger partial charge in [-0.2, -0.15) is 0 Å². The third-order valence-corrected chi connectivity index (χ3v) is 1.71. The molecule has 0 aliphatic carbocycles. The van der Waals surface area contributed by atoms with Crippen molar-refractivity contribution in [2.45, 2.75) is 6.10 Å². The van der Waals surface area contributed by atoms with Crippen molar-refractivity contribution in [2.24, 2.45) is 0 Å². The van der Waals surface area contributed by atoms with Crippen molar-refractivity contribution < 1.29 is 18.7 Å². The van der Waals surface area contributed by atoms with E-state index in [2.05, 4.69) is 4.74 Å².